The molecule has 0 unspecified atom stereocenters. The Hall–Kier alpha value is -24.8. The molecule has 0 saturated carbocycles. The molecule has 0 radical (unpaired) electrons. The zero-order valence-electron chi connectivity index (χ0n) is 57.8. The van der Waals surface area contributed by atoms with Crippen LogP contribution >= 0.6 is 22.6 Å². The lowest BCUT2D eigenvalue weighted by Gasteiger charge is -1.71. The molecule has 0 saturated heterocycles. The second-order valence-corrected chi connectivity index (χ2v) is 12.0. The largest absolute Gasteiger partial charge is 0.183 e. The van der Waals surface area contributed by atoms with E-state index in [0.29, 0.717) is 0 Å². The highest BCUT2D eigenvalue weighted by atomic mass is 127. The Bertz CT molecular complexity index is 4710. The Labute approximate surface area is 689 Å². The first-order valence-corrected chi connectivity index (χ1v) is 26.9. The summed E-state index contributed by atoms with van der Waals surface area (Å²) < 4.78 is 1.33. The van der Waals surface area contributed by atoms with Gasteiger partial charge in [-0.2, -0.15) is 5.53 Å². The molecule has 0 spiro atoms. The van der Waals surface area contributed by atoms with Crippen molar-refractivity contribution in [3.63, 3.8) is 0 Å². The molecule has 0 fully saturated rings. The summed E-state index contributed by atoms with van der Waals surface area (Å²) in [4.78, 5) is 0. The van der Waals surface area contributed by atoms with E-state index in [1.54, 1.807) is 0 Å². The molecule has 0 aromatic rings. The van der Waals surface area contributed by atoms with E-state index >= 15 is 0 Å². The van der Waals surface area contributed by atoms with Gasteiger partial charge in [-0.25, -0.2) is 0 Å². The molecule has 0 bridgehead atoms. The van der Waals surface area contributed by atoms with Crippen molar-refractivity contribution in [3.8, 4) is 0 Å². The molecule has 0 rings (SSSR count). The van der Waals surface area contributed by atoms with Crippen molar-refractivity contribution in [3.05, 3.63) is 0 Å². The number of hydrogen-bond donors (Lipinski definition) is 1. The summed E-state index contributed by atoms with van der Waals surface area (Å²) >= 11 is 1.81. The van der Waals surface area contributed by atoms with Gasteiger partial charge < -0.3 is 0 Å². The van der Waals surface area contributed by atoms with E-state index < -0.39 is 0 Å². The molecule has 0 aromatic carbocycles. The Morgan fingerprint density at radius 1 is 0.0775 bits per heavy atom. The van der Waals surface area contributed by atoms with Gasteiger partial charge in [0.25, 0.3) is 0 Å². The average molecular weight is 1920 g/mol. The monoisotopic (exact) mass is 1920 g/mol. The van der Waals surface area contributed by atoms with E-state index in [-0.39, 0.29) is 0 Å². The van der Waals surface area contributed by atoms with Gasteiger partial charge in [-0.1, -0.05) is 0 Å². The van der Waals surface area contributed by atoms with Gasteiger partial charge in [0.05, 0.1) is 4.22 Å². The van der Waals surface area contributed by atoms with Gasteiger partial charge in [0.2, 0.25) is 0 Å². The quantitative estimate of drug-likeness (QED) is 0.0257. The average Bonchev–Trinajstić information content (AvgIpc) is 1.19. The standard InChI is InChI=1S/CH2IN127/c2-1-4-6-8-10-12-14-16-18-20-22-24-26-28-30-32-34-36-38-40-42-44-46-48-50-52-54-56-58-60-62-64-66-68-70-72-74-76-78-80-82-84-86-88-90-92-94-96-98-100-102-104-106-108-110-112-114-116-118-120-122-124-126-128-129-127-125-123-121-119-117-115-113-111-109-107-105-103-101-99-97-95-93-91-89-87-85-83-81-79-77-75-73-71-69-67-65-63-61-59-57-55-53-51-49-47-45-43-41-39-37-35-33-31-29-27-25-23-21-19-17-15-13-11-9-7-5-3/h1,3H. The molecule has 128 heteroatoms. The summed E-state index contributed by atoms with van der Waals surface area (Å²) in [5, 5.41) is 378. The molecule has 0 aromatic heterocycles. The number of nitrogens with one attached hydrogen (secondary N) is 1. The van der Waals surface area contributed by atoms with Crippen molar-refractivity contribution in [2.24, 2.45) is 658 Å². The maximum atomic E-state index is 6.27. The molecule has 129 heavy (non-hydrogen) atoms. The third-order valence-corrected chi connectivity index (χ3v) is 5.31. The van der Waals surface area contributed by atoms with Crippen LogP contribution in [0.3, 0.4) is 0 Å². The summed E-state index contributed by atoms with van der Waals surface area (Å²) in [6.07, 6.45) is 0. The Kier molecular flexibility index (Phi) is 83.4. The lowest BCUT2D eigenvalue weighted by Crippen LogP contribution is -1.52. The molecule has 0 aliphatic rings. The first-order chi connectivity index (χ1) is 64.4. The minimum absolute atomic E-state index is 1.33. The minimum atomic E-state index is 1.33. The van der Waals surface area contributed by atoms with Gasteiger partial charge in [0.1, 0.15) is 0 Å². The van der Waals surface area contributed by atoms with Crippen LogP contribution in [0.1, 0.15) is 0 Å². The van der Waals surface area contributed by atoms with Gasteiger partial charge in [0.15, 0.2) is 0 Å². The predicted molar refractivity (Wildman–Crippen MR) is 329 cm³/mol. The topological polar surface area (TPSA) is 1580 Å². The Morgan fingerprint density at radius 2 is 0.124 bits per heavy atom. The lowest BCUT2D eigenvalue weighted by molar-refractivity contribution is 0.722. The van der Waals surface area contributed by atoms with Crippen LogP contribution in [0.5, 0.6) is 0 Å². The first kappa shape index (κ1) is 104. The fraction of sp³-hybridized carbons (Fsp3) is 0. The van der Waals surface area contributed by atoms with Crippen LogP contribution in [0.2, 0.25) is 0 Å². The molecule has 0 heterocycles. The van der Waals surface area contributed by atoms with Crippen molar-refractivity contribution >= 4 is 26.8 Å². The molecular weight excluding hydrogens is 1920 g/mol. The molecular formula is CH2IN127. The van der Waals surface area contributed by atoms with E-state index in [4.69, 9.17) is 5.53 Å². The first-order valence-electron chi connectivity index (χ1n) is 25.7. The molecule has 648 valence electrons. The highest BCUT2D eigenvalue weighted by Gasteiger charge is 1.83. The zero-order chi connectivity index (χ0) is 91.8. The van der Waals surface area contributed by atoms with Crippen molar-refractivity contribution < 1.29 is 0 Å². The summed E-state index contributed by atoms with van der Waals surface area (Å²) in [5.74, 6) is 0. The van der Waals surface area contributed by atoms with Gasteiger partial charge >= 0.3 is 0 Å². The predicted octanol–water partition coefficient (Wildman–Crippen LogP) is 24.2. The van der Waals surface area contributed by atoms with Crippen molar-refractivity contribution in [2.75, 3.05) is 0 Å². The normalized spacial score (nSPS) is 15.7. The second kappa shape index (κ2) is 103. The molecule has 0 aliphatic carbocycles. The van der Waals surface area contributed by atoms with Crippen LogP contribution in [0.15, 0.2) is 658 Å². The maximum Gasteiger partial charge on any atom is 0.0897 e. The van der Waals surface area contributed by atoms with Crippen LogP contribution in [-0.2, 0) is 0 Å². The van der Waals surface area contributed by atoms with Crippen LogP contribution in [-0.4, -0.2) is 4.22 Å². The number of halogens is 1. The van der Waals surface area contributed by atoms with E-state index in [1.807, 2.05) is 22.6 Å². The molecule has 0 atom stereocenters. The fourth-order valence-corrected chi connectivity index (χ4v) is 2.36. The van der Waals surface area contributed by atoms with Gasteiger partial charge in [0, 0.05) is 569 Å². The van der Waals surface area contributed by atoms with Gasteiger partial charge in [-0.15, -0.1) is 5.10 Å². The Balaban J connectivity index is 4.14. The third-order valence-electron chi connectivity index (χ3n) is 5.06. The Morgan fingerprint density at radius 3 is 0.171 bits per heavy atom. The van der Waals surface area contributed by atoms with Crippen molar-refractivity contribution in [1.29, 1.82) is 5.53 Å². The summed E-state index contributed by atoms with van der Waals surface area (Å²) in [5.41, 5.74) is 6.27. The second-order valence-electron chi connectivity index (χ2n) is 11.4. The fourth-order valence-electron chi connectivity index (χ4n) is 2.25. The summed E-state index contributed by atoms with van der Waals surface area (Å²) in [7, 11) is 0. The summed E-state index contributed by atoms with van der Waals surface area (Å²) in [6, 6.07) is 0. The number of rotatable bonds is 63. The van der Waals surface area contributed by atoms with E-state index in [0.717, 1.165) is 0 Å². The SMILES string of the molecule is N=NN=NN=NN=NN=NN=NN=NN=NN=NN=NN=NN=NN=NN=NN=NN=NN=NN=NN=NN=NN=NN=NN=NN=NN=NN=NN=NN=NN=NN=NN=NN=NN=NN=NN=NN=NN=NN=NN=NN=NN=NN=NN=NN=NN=NN=NN=NN=NN=NN=NN=NN=NN=NN=NN=NN=NN=NN=NN=NN=NN=NN=NN=NN=CI. The van der Waals surface area contributed by atoms with E-state index in [2.05, 4.69) is 658 Å². The van der Waals surface area contributed by atoms with Crippen LogP contribution in [0.25, 0.3) is 0 Å². The van der Waals surface area contributed by atoms with Crippen LogP contribution in [0, 0.1) is 5.53 Å². The number of nitrogens with zero attached hydrogens (tertiary/aromatic N) is 126. The molecule has 1 N–H and O–H groups in total. The highest BCUT2D eigenvalue weighted by Crippen LogP contribution is 2.01. The lowest BCUT2D eigenvalue weighted by atomic mass is 11.7. The van der Waals surface area contributed by atoms with Crippen molar-refractivity contribution in [1.82, 2.24) is 0 Å². The third kappa shape index (κ3) is 103. The zero-order valence-corrected chi connectivity index (χ0v) is 60.0. The van der Waals surface area contributed by atoms with Crippen molar-refractivity contribution in [2.45, 2.75) is 0 Å². The maximum absolute atomic E-state index is 6.27. The van der Waals surface area contributed by atoms with Crippen LogP contribution < -0.4 is 0 Å². The summed E-state index contributed by atoms with van der Waals surface area (Å²) in [6.45, 7) is 0. The van der Waals surface area contributed by atoms with E-state index in [9.17, 15) is 0 Å². The molecule has 0 aliphatic heterocycles. The molecule has 127 nitrogen and oxygen atoms in total. The smallest absolute Gasteiger partial charge is 0.0897 e. The van der Waals surface area contributed by atoms with Gasteiger partial charge in [-0.3, -0.25) is 0 Å². The number of hydrogen-bond acceptors (Lipinski definition) is 2. The van der Waals surface area contributed by atoms with Crippen LogP contribution in [0.4, 0.5) is 0 Å². The molecule has 0 amide bonds. The highest BCUT2D eigenvalue weighted by molar-refractivity contribution is 14.1. The minimum Gasteiger partial charge on any atom is -0.183 e. The van der Waals surface area contributed by atoms with E-state index in [1.165, 1.54) is 4.22 Å². The van der Waals surface area contributed by atoms with Gasteiger partial charge in [-0.05, 0) is 106 Å².